The lowest BCUT2D eigenvalue weighted by Crippen LogP contribution is -2.37. The first kappa shape index (κ1) is 12.9. The topological polar surface area (TPSA) is 75.4 Å². The first-order chi connectivity index (χ1) is 8.52. The van der Waals surface area contributed by atoms with E-state index in [4.69, 9.17) is 17.4 Å². The summed E-state index contributed by atoms with van der Waals surface area (Å²) in [4.78, 5) is 25.0. The number of hydrogen-bond acceptors (Lipinski definition) is 3. The predicted octanol–water partition coefficient (Wildman–Crippen LogP) is 0.991. The van der Waals surface area contributed by atoms with Crippen LogP contribution in [0, 0.1) is 12.8 Å². The minimum Gasteiger partial charge on any atom is -0.311 e. The Balaban J connectivity index is 2.27. The van der Waals surface area contributed by atoms with Gasteiger partial charge in [0, 0.05) is 23.7 Å². The van der Waals surface area contributed by atoms with Crippen LogP contribution in [0.5, 0.6) is 0 Å². The van der Waals surface area contributed by atoms with Crippen LogP contribution in [0.3, 0.4) is 0 Å². The number of carbonyl (C=O) groups excluding carboxylic acids is 2. The monoisotopic (exact) mass is 267 g/mol. The van der Waals surface area contributed by atoms with Crippen LogP contribution in [0.25, 0.3) is 0 Å². The molecule has 1 saturated heterocycles. The van der Waals surface area contributed by atoms with Crippen LogP contribution in [0.1, 0.15) is 12.0 Å². The van der Waals surface area contributed by atoms with Gasteiger partial charge in [-0.25, -0.2) is 5.84 Å². The average Bonchev–Trinajstić information content (AvgIpc) is 2.73. The van der Waals surface area contributed by atoms with Gasteiger partial charge in [0.05, 0.1) is 5.92 Å². The highest BCUT2D eigenvalue weighted by molar-refractivity contribution is 6.31. The molecule has 1 heterocycles. The summed E-state index contributed by atoms with van der Waals surface area (Å²) in [5, 5.41) is 0.565. The molecule has 0 spiro atoms. The molecule has 0 radical (unpaired) electrons. The van der Waals surface area contributed by atoms with Gasteiger partial charge in [0.1, 0.15) is 0 Å². The molecule has 6 heteroatoms. The van der Waals surface area contributed by atoms with Crippen LogP contribution in [0.2, 0.25) is 5.02 Å². The number of benzene rings is 1. The van der Waals surface area contributed by atoms with Crippen LogP contribution in [-0.4, -0.2) is 18.4 Å². The molecule has 1 aromatic rings. The van der Waals surface area contributed by atoms with E-state index in [-0.39, 0.29) is 18.2 Å². The molecule has 3 N–H and O–H groups in total. The number of aryl methyl sites for hydroxylation is 1. The summed E-state index contributed by atoms with van der Waals surface area (Å²) in [5.41, 5.74) is 3.78. The number of nitrogens with two attached hydrogens (primary N) is 1. The Hall–Kier alpha value is -1.59. The maximum Gasteiger partial charge on any atom is 0.239 e. The van der Waals surface area contributed by atoms with Crippen molar-refractivity contribution in [2.75, 3.05) is 11.4 Å². The third-order valence-corrected chi connectivity index (χ3v) is 3.34. The highest BCUT2D eigenvalue weighted by Crippen LogP contribution is 2.30. The van der Waals surface area contributed by atoms with Crippen molar-refractivity contribution >= 4 is 29.1 Å². The number of carbonyl (C=O) groups is 2. The zero-order valence-corrected chi connectivity index (χ0v) is 10.7. The lowest BCUT2D eigenvalue weighted by molar-refractivity contribution is -0.126. The summed E-state index contributed by atoms with van der Waals surface area (Å²) >= 11 is 5.93. The van der Waals surface area contributed by atoms with E-state index in [1.54, 1.807) is 17.0 Å². The molecule has 1 aliphatic rings. The van der Waals surface area contributed by atoms with Gasteiger partial charge < -0.3 is 4.90 Å². The Bertz CT molecular complexity index is 504. The van der Waals surface area contributed by atoms with Crippen molar-refractivity contribution in [1.29, 1.82) is 0 Å². The van der Waals surface area contributed by atoms with Crippen molar-refractivity contribution in [2.45, 2.75) is 13.3 Å². The van der Waals surface area contributed by atoms with Gasteiger partial charge in [-0.3, -0.25) is 15.0 Å². The molecule has 2 amide bonds. The molecule has 0 aromatic heterocycles. The van der Waals surface area contributed by atoms with Crippen molar-refractivity contribution in [2.24, 2.45) is 11.8 Å². The molecule has 5 nitrogen and oxygen atoms in total. The molecule has 1 unspecified atom stereocenters. The van der Waals surface area contributed by atoms with Crippen LogP contribution in [-0.2, 0) is 9.59 Å². The summed E-state index contributed by atoms with van der Waals surface area (Å²) in [6, 6.07) is 5.35. The largest absolute Gasteiger partial charge is 0.311 e. The third-order valence-electron chi connectivity index (χ3n) is 3.10. The molecule has 2 rings (SSSR count). The Morgan fingerprint density at radius 2 is 2.28 bits per heavy atom. The zero-order chi connectivity index (χ0) is 13.3. The van der Waals surface area contributed by atoms with Gasteiger partial charge in [-0.2, -0.15) is 0 Å². The van der Waals surface area contributed by atoms with Crippen molar-refractivity contribution in [3.05, 3.63) is 28.8 Å². The zero-order valence-electron chi connectivity index (χ0n) is 9.94. The Morgan fingerprint density at radius 1 is 1.56 bits per heavy atom. The molecule has 96 valence electrons. The van der Waals surface area contributed by atoms with E-state index >= 15 is 0 Å². The van der Waals surface area contributed by atoms with E-state index < -0.39 is 5.92 Å². The van der Waals surface area contributed by atoms with Gasteiger partial charge in [0.2, 0.25) is 11.8 Å². The van der Waals surface area contributed by atoms with Crippen molar-refractivity contribution in [3.8, 4) is 0 Å². The molecule has 0 saturated carbocycles. The fourth-order valence-corrected chi connectivity index (χ4v) is 2.27. The Kier molecular flexibility index (Phi) is 3.54. The number of hydrogen-bond donors (Lipinski definition) is 2. The first-order valence-corrected chi connectivity index (χ1v) is 5.97. The number of anilines is 1. The minimum absolute atomic E-state index is 0.0889. The molecule has 1 aromatic carbocycles. The molecule has 0 bridgehead atoms. The molecule has 1 atom stereocenters. The lowest BCUT2D eigenvalue weighted by Gasteiger charge is -2.19. The Labute approximate surface area is 110 Å². The molecule has 1 aliphatic heterocycles. The highest BCUT2D eigenvalue weighted by Gasteiger charge is 2.35. The van der Waals surface area contributed by atoms with Crippen LogP contribution < -0.4 is 16.2 Å². The second-order valence-electron chi connectivity index (χ2n) is 4.34. The van der Waals surface area contributed by atoms with Gasteiger partial charge in [-0.15, -0.1) is 0 Å². The van der Waals surface area contributed by atoms with Gasteiger partial charge in [0.15, 0.2) is 0 Å². The van der Waals surface area contributed by atoms with Crippen LogP contribution in [0.4, 0.5) is 5.69 Å². The smallest absolute Gasteiger partial charge is 0.239 e. The fraction of sp³-hybridized carbons (Fsp3) is 0.333. The van der Waals surface area contributed by atoms with Crippen molar-refractivity contribution in [1.82, 2.24) is 5.43 Å². The van der Waals surface area contributed by atoms with Crippen LogP contribution >= 0.6 is 11.6 Å². The van der Waals surface area contributed by atoms with E-state index in [1.165, 1.54) is 0 Å². The van der Waals surface area contributed by atoms with Crippen LogP contribution in [0.15, 0.2) is 18.2 Å². The first-order valence-electron chi connectivity index (χ1n) is 5.60. The minimum atomic E-state index is -0.402. The fourth-order valence-electron chi connectivity index (χ4n) is 2.11. The molecular weight excluding hydrogens is 254 g/mol. The summed E-state index contributed by atoms with van der Waals surface area (Å²) in [6.45, 7) is 2.23. The van der Waals surface area contributed by atoms with Gasteiger partial charge >= 0.3 is 0 Å². The van der Waals surface area contributed by atoms with Crippen molar-refractivity contribution in [3.63, 3.8) is 0 Å². The standard InChI is InChI=1S/C12H14ClN3O2/c1-7-2-3-9(13)5-10(7)16-6-8(4-11(16)17)12(18)15-14/h2-3,5,8H,4,6,14H2,1H3,(H,15,18). The summed E-state index contributed by atoms with van der Waals surface area (Å²) in [7, 11) is 0. The summed E-state index contributed by atoms with van der Waals surface area (Å²) in [5.74, 6) is 4.28. The summed E-state index contributed by atoms with van der Waals surface area (Å²) in [6.07, 6.45) is 0.176. The van der Waals surface area contributed by atoms with E-state index in [0.717, 1.165) is 11.3 Å². The SMILES string of the molecule is Cc1ccc(Cl)cc1N1CC(C(=O)NN)CC1=O. The second-order valence-corrected chi connectivity index (χ2v) is 4.78. The van der Waals surface area contributed by atoms with Gasteiger partial charge in [-0.05, 0) is 24.6 Å². The summed E-state index contributed by atoms with van der Waals surface area (Å²) < 4.78 is 0. The normalized spacial score (nSPS) is 19.2. The lowest BCUT2D eigenvalue weighted by atomic mass is 10.1. The Morgan fingerprint density at radius 3 is 2.94 bits per heavy atom. The van der Waals surface area contributed by atoms with Crippen molar-refractivity contribution < 1.29 is 9.59 Å². The van der Waals surface area contributed by atoms with E-state index in [1.807, 2.05) is 13.0 Å². The number of hydrazine groups is 1. The molecule has 0 aliphatic carbocycles. The average molecular weight is 268 g/mol. The second kappa shape index (κ2) is 4.96. The van der Waals surface area contributed by atoms with Gasteiger partial charge in [-0.1, -0.05) is 17.7 Å². The maximum atomic E-state index is 11.9. The highest BCUT2D eigenvalue weighted by atomic mass is 35.5. The number of nitrogens with one attached hydrogen (secondary N) is 1. The van der Waals surface area contributed by atoms with E-state index in [9.17, 15) is 9.59 Å². The quantitative estimate of drug-likeness (QED) is 0.477. The predicted molar refractivity (Wildman–Crippen MR) is 69.0 cm³/mol. The number of amides is 2. The van der Waals surface area contributed by atoms with Gasteiger partial charge in [0.25, 0.3) is 0 Å². The number of nitrogens with zero attached hydrogens (tertiary/aromatic N) is 1. The number of halogens is 1. The maximum absolute atomic E-state index is 11.9. The molecular formula is C12H14ClN3O2. The molecule has 1 fully saturated rings. The molecule has 18 heavy (non-hydrogen) atoms. The van der Waals surface area contributed by atoms with E-state index in [2.05, 4.69) is 5.43 Å². The number of rotatable bonds is 2. The van der Waals surface area contributed by atoms with E-state index in [0.29, 0.717) is 11.6 Å². The third kappa shape index (κ3) is 2.32.